The fourth-order valence-corrected chi connectivity index (χ4v) is 3.65. The Bertz CT molecular complexity index is 1190. The highest BCUT2D eigenvalue weighted by Gasteiger charge is 2.14. The molecule has 9 nitrogen and oxygen atoms in total. The summed E-state index contributed by atoms with van der Waals surface area (Å²) in [5.74, 6) is 3.58. The molecule has 0 fully saturated rings. The van der Waals surface area contributed by atoms with Crippen molar-refractivity contribution in [1.29, 1.82) is 0 Å². The van der Waals surface area contributed by atoms with Gasteiger partial charge in [-0.1, -0.05) is 17.8 Å². The topological polar surface area (TPSA) is 106 Å². The minimum atomic E-state index is 0.195. The van der Waals surface area contributed by atoms with E-state index in [4.69, 9.17) is 23.0 Å². The summed E-state index contributed by atoms with van der Waals surface area (Å²) in [7, 11) is 3.15. The van der Waals surface area contributed by atoms with Crippen molar-refractivity contribution < 1.29 is 23.0 Å². The molecule has 10 heteroatoms. The van der Waals surface area contributed by atoms with Crippen LogP contribution in [0.25, 0.3) is 11.5 Å². The van der Waals surface area contributed by atoms with Gasteiger partial charge in [-0.2, -0.15) is 0 Å². The number of hydrogen-bond acceptors (Lipinski definition) is 10. The Labute approximate surface area is 189 Å². The first-order valence-corrected chi connectivity index (χ1v) is 10.7. The molecule has 0 aliphatic carbocycles. The summed E-state index contributed by atoms with van der Waals surface area (Å²) >= 11 is 1.31. The van der Waals surface area contributed by atoms with Crippen molar-refractivity contribution >= 4 is 11.8 Å². The van der Waals surface area contributed by atoms with Gasteiger partial charge in [0.2, 0.25) is 11.8 Å². The molecule has 0 saturated carbocycles. The molecule has 0 radical (unpaired) electrons. The molecule has 4 rings (SSSR count). The third-order valence-corrected chi connectivity index (χ3v) is 5.23. The summed E-state index contributed by atoms with van der Waals surface area (Å²) in [5.41, 5.74) is 3.00. The van der Waals surface area contributed by atoms with Crippen molar-refractivity contribution in [3.63, 3.8) is 0 Å². The Balaban J connectivity index is 1.34. The maximum absolute atomic E-state index is 5.75. The zero-order valence-corrected chi connectivity index (χ0v) is 18.9. The fourth-order valence-electron chi connectivity index (χ4n) is 3.04. The lowest BCUT2D eigenvalue weighted by Gasteiger charge is -2.07. The lowest BCUT2D eigenvalue weighted by molar-refractivity contribution is 0.252. The van der Waals surface area contributed by atoms with Gasteiger partial charge in [0.05, 0.1) is 20.0 Å². The van der Waals surface area contributed by atoms with Crippen molar-refractivity contribution in [1.82, 2.24) is 20.4 Å². The maximum atomic E-state index is 5.75. The van der Waals surface area contributed by atoms with Crippen LogP contribution in [0.15, 0.2) is 50.5 Å². The number of nitrogens with zero attached hydrogens (tertiary/aromatic N) is 4. The molecule has 32 heavy (non-hydrogen) atoms. The highest BCUT2D eigenvalue weighted by molar-refractivity contribution is 7.98. The monoisotopic (exact) mass is 454 g/mol. The molecule has 0 N–H and O–H groups in total. The molecular formula is C22H22N4O5S. The van der Waals surface area contributed by atoms with Crippen LogP contribution in [0.4, 0.5) is 0 Å². The lowest BCUT2D eigenvalue weighted by Crippen LogP contribution is -1.96. The standard InChI is InChI=1S/C22H22N4O5S/c1-13-7-14(2)9-16(8-13)29-11-19-23-26-22(31-19)32-12-20-24-25-21(30-20)15-5-6-17(27-3)18(10-15)28-4/h5-10H,11-12H2,1-4H3. The Morgan fingerprint density at radius 2 is 1.56 bits per heavy atom. The van der Waals surface area contributed by atoms with E-state index in [9.17, 15) is 0 Å². The van der Waals surface area contributed by atoms with Gasteiger partial charge >= 0.3 is 0 Å². The van der Waals surface area contributed by atoms with E-state index in [1.54, 1.807) is 26.4 Å². The normalized spacial score (nSPS) is 10.9. The molecule has 0 amide bonds. The van der Waals surface area contributed by atoms with Crippen LogP contribution in [-0.2, 0) is 12.4 Å². The van der Waals surface area contributed by atoms with Gasteiger partial charge in [-0.05, 0) is 55.3 Å². The molecule has 2 heterocycles. The molecule has 0 aliphatic rings. The predicted octanol–water partition coefficient (Wildman–Crippen LogP) is 4.62. The van der Waals surface area contributed by atoms with Crippen LogP contribution in [0.2, 0.25) is 0 Å². The van der Waals surface area contributed by atoms with E-state index in [2.05, 4.69) is 26.5 Å². The minimum absolute atomic E-state index is 0.195. The molecular weight excluding hydrogens is 432 g/mol. The summed E-state index contributed by atoms with van der Waals surface area (Å²) < 4.78 is 27.7. The SMILES string of the molecule is COc1ccc(-c2nnc(CSc3nnc(COc4cc(C)cc(C)c4)o3)o2)cc1OC. The van der Waals surface area contributed by atoms with Crippen LogP contribution in [-0.4, -0.2) is 34.6 Å². The van der Waals surface area contributed by atoms with Crippen molar-refractivity contribution in [3.8, 4) is 28.7 Å². The van der Waals surface area contributed by atoms with Crippen LogP contribution < -0.4 is 14.2 Å². The molecule has 0 bridgehead atoms. The summed E-state index contributed by atoms with van der Waals surface area (Å²) in [6.07, 6.45) is 0. The number of rotatable bonds is 9. The van der Waals surface area contributed by atoms with Gasteiger partial charge in [-0.25, -0.2) is 0 Å². The molecule has 2 aromatic carbocycles. The van der Waals surface area contributed by atoms with Crippen LogP contribution in [0.3, 0.4) is 0 Å². The summed E-state index contributed by atoms with van der Waals surface area (Å²) in [5, 5.41) is 16.6. The Morgan fingerprint density at radius 3 is 2.31 bits per heavy atom. The smallest absolute Gasteiger partial charge is 0.277 e. The number of aryl methyl sites for hydroxylation is 2. The van der Waals surface area contributed by atoms with Crippen LogP contribution in [0.5, 0.6) is 17.2 Å². The Kier molecular flexibility index (Phi) is 6.60. The summed E-state index contributed by atoms with van der Waals surface area (Å²) in [6.45, 7) is 4.24. The quantitative estimate of drug-likeness (QED) is 0.332. The number of ether oxygens (including phenoxy) is 3. The van der Waals surface area contributed by atoms with Gasteiger partial charge in [-0.15, -0.1) is 20.4 Å². The highest BCUT2D eigenvalue weighted by atomic mass is 32.2. The zero-order valence-electron chi connectivity index (χ0n) is 18.1. The molecule has 0 aliphatic heterocycles. The van der Waals surface area contributed by atoms with Gasteiger partial charge in [0.15, 0.2) is 18.1 Å². The van der Waals surface area contributed by atoms with Crippen molar-refractivity contribution in [2.45, 2.75) is 31.4 Å². The predicted molar refractivity (Wildman–Crippen MR) is 117 cm³/mol. The lowest BCUT2D eigenvalue weighted by atomic mass is 10.1. The molecule has 0 saturated heterocycles. The van der Waals surface area contributed by atoms with E-state index in [1.165, 1.54) is 11.8 Å². The van der Waals surface area contributed by atoms with Gasteiger partial charge in [0, 0.05) is 5.56 Å². The van der Waals surface area contributed by atoms with Crippen LogP contribution in [0, 0.1) is 13.8 Å². The average molecular weight is 455 g/mol. The second kappa shape index (κ2) is 9.73. The maximum Gasteiger partial charge on any atom is 0.277 e. The van der Waals surface area contributed by atoms with Gasteiger partial charge in [0.25, 0.3) is 11.1 Å². The average Bonchev–Trinajstić information content (AvgIpc) is 3.44. The number of methoxy groups -OCH3 is 2. The first kappa shape index (κ1) is 21.7. The largest absolute Gasteiger partial charge is 0.493 e. The number of hydrogen-bond donors (Lipinski definition) is 0. The van der Waals surface area contributed by atoms with E-state index in [0.717, 1.165) is 22.4 Å². The van der Waals surface area contributed by atoms with Gasteiger partial charge < -0.3 is 23.0 Å². The number of thioether (sulfide) groups is 1. The van der Waals surface area contributed by atoms with Crippen molar-refractivity contribution in [2.24, 2.45) is 0 Å². The molecule has 0 unspecified atom stereocenters. The number of benzene rings is 2. The zero-order chi connectivity index (χ0) is 22.5. The van der Waals surface area contributed by atoms with Crippen LogP contribution in [0.1, 0.15) is 22.9 Å². The number of aromatic nitrogens is 4. The fraction of sp³-hybridized carbons (Fsp3) is 0.273. The van der Waals surface area contributed by atoms with E-state index in [0.29, 0.717) is 40.1 Å². The van der Waals surface area contributed by atoms with E-state index < -0.39 is 0 Å². The highest BCUT2D eigenvalue weighted by Crippen LogP contribution is 2.32. The first-order chi connectivity index (χ1) is 15.5. The van der Waals surface area contributed by atoms with E-state index in [1.807, 2.05) is 32.0 Å². The Hall–Kier alpha value is -3.53. The Morgan fingerprint density at radius 1 is 0.812 bits per heavy atom. The van der Waals surface area contributed by atoms with E-state index in [-0.39, 0.29) is 6.61 Å². The molecule has 4 aromatic rings. The molecule has 0 atom stereocenters. The van der Waals surface area contributed by atoms with Gasteiger partial charge in [0.1, 0.15) is 5.75 Å². The van der Waals surface area contributed by atoms with Crippen molar-refractivity contribution in [3.05, 3.63) is 59.3 Å². The van der Waals surface area contributed by atoms with E-state index >= 15 is 0 Å². The second-order valence-corrected chi connectivity index (χ2v) is 7.86. The summed E-state index contributed by atoms with van der Waals surface area (Å²) in [4.78, 5) is 0. The second-order valence-electron chi connectivity index (χ2n) is 6.93. The minimum Gasteiger partial charge on any atom is -0.493 e. The molecule has 2 aromatic heterocycles. The van der Waals surface area contributed by atoms with Crippen molar-refractivity contribution in [2.75, 3.05) is 14.2 Å². The van der Waals surface area contributed by atoms with Gasteiger partial charge in [-0.3, -0.25) is 0 Å². The summed E-state index contributed by atoms with van der Waals surface area (Å²) in [6, 6.07) is 11.4. The van der Waals surface area contributed by atoms with Crippen LogP contribution >= 0.6 is 11.8 Å². The molecule has 0 spiro atoms. The molecule has 166 valence electrons. The third kappa shape index (κ3) is 5.20. The first-order valence-electron chi connectivity index (χ1n) is 9.75. The third-order valence-electron chi connectivity index (χ3n) is 4.42.